The first-order valence-corrected chi connectivity index (χ1v) is 8.47. The molecule has 0 spiro atoms. The standard InChI is InChI=1S/C11H14BrClO3S/c1-9-8-10(12)4-5-11(9)16-6-2-3-7-17(13,14)15/h4-5,8H,2-3,6-7H2,1H3. The number of hydrogen-bond acceptors (Lipinski definition) is 3. The lowest BCUT2D eigenvalue weighted by Gasteiger charge is -2.08. The van der Waals surface area contributed by atoms with Gasteiger partial charge in [-0.25, -0.2) is 8.42 Å². The zero-order valence-electron chi connectivity index (χ0n) is 9.45. The van der Waals surface area contributed by atoms with E-state index in [1.54, 1.807) is 0 Å². The van der Waals surface area contributed by atoms with E-state index in [-0.39, 0.29) is 5.75 Å². The zero-order chi connectivity index (χ0) is 12.9. The van der Waals surface area contributed by atoms with Crippen LogP contribution in [0.2, 0.25) is 0 Å². The van der Waals surface area contributed by atoms with E-state index in [0.717, 1.165) is 15.8 Å². The molecule has 0 saturated carbocycles. The second-order valence-corrected chi connectivity index (χ2v) is 7.52. The molecule has 1 aromatic rings. The van der Waals surface area contributed by atoms with E-state index in [0.29, 0.717) is 19.4 Å². The first-order chi connectivity index (χ1) is 7.88. The van der Waals surface area contributed by atoms with Gasteiger partial charge in [0.2, 0.25) is 9.05 Å². The third kappa shape index (κ3) is 6.29. The highest BCUT2D eigenvalue weighted by Crippen LogP contribution is 2.22. The third-order valence-electron chi connectivity index (χ3n) is 2.18. The van der Waals surface area contributed by atoms with Gasteiger partial charge in [-0.15, -0.1) is 0 Å². The fourth-order valence-corrected chi connectivity index (χ4v) is 2.69. The van der Waals surface area contributed by atoms with Crippen molar-refractivity contribution < 1.29 is 13.2 Å². The fraction of sp³-hybridized carbons (Fsp3) is 0.455. The van der Waals surface area contributed by atoms with Crippen LogP contribution in [0.1, 0.15) is 18.4 Å². The Hall–Kier alpha value is -0.260. The molecule has 0 bridgehead atoms. The van der Waals surface area contributed by atoms with Crippen molar-refractivity contribution in [3.05, 3.63) is 28.2 Å². The molecule has 0 aliphatic heterocycles. The topological polar surface area (TPSA) is 43.4 Å². The van der Waals surface area contributed by atoms with Gasteiger partial charge in [0, 0.05) is 15.2 Å². The monoisotopic (exact) mass is 340 g/mol. The van der Waals surface area contributed by atoms with E-state index in [1.807, 2.05) is 25.1 Å². The number of halogens is 2. The molecule has 6 heteroatoms. The summed E-state index contributed by atoms with van der Waals surface area (Å²) in [5.41, 5.74) is 1.05. The predicted molar refractivity (Wildman–Crippen MR) is 73.2 cm³/mol. The molecular formula is C11H14BrClO3S. The summed E-state index contributed by atoms with van der Waals surface area (Å²) >= 11 is 3.37. The first-order valence-electron chi connectivity index (χ1n) is 5.20. The molecule has 0 fully saturated rings. The van der Waals surface area contributed by atoms with Crippen LogP contribution < -0.4 is 4.74 Å². The van der Waals surface area contributed by atoms with Gasteiger partial charge in [0.05, 0.1) is 12.4 Å². The number of hydrogen-bond donors (Lipinski definition) is 0. The van der Waals surface area contributed by atoms with Crippen LogP contribution >= 0.6 is 26.6 Å². The van der Waals surface area contributed by atoms with Crippen LogP contribution in [0.4, 0.5) is 0 Å². The van der Waals surface area contributed by atoms with E-state index in [2.05, 4.69) is 15.9 Å². The van der Waals surface area contributed by atoms with Crippen molar-refractivity contribution in [1.82, 2.24) is 0 Å². The van der Waals surface area contributed by atoms with Gasteiger partial charge >= 0.3 is 0 Å². The second-order valence-electron chi connectivity index (χ2n) is 3.71. The summed E-state index contributed by atoms with van der Waals surface area (Å²) in [5.74, 6) is 0.818. The Morgan fingerprint density at radius 2 is 2.06 bits per heavy atom. The van der Waals surface area contributed by atoms with Crippen molar-refractivity contribution in [3.63, 3.8) is 0 Å². The molecule has 0 heterocycles. The third-order valence-corrected chi connectivity index (χ3v) is 3.91. The van der Waals surface area contributed by atoms with E-state index in [1.165, 1.54) is 0 Å². The molecule has 0 unspecified atom stereocenters. The van der Waals surface area contributed by atoms with Gasteiger partial charge in [-0.3, -0.25) is 0 Å². The lowest BCUT2D eigenvalue weighted by Crippen LogP contribution is -2.03. The Kier molecular flexibility index (Phi) is 5.76. The molecule has 0 radical (unpaired) electrons. The SMILES string of the molecule is Cc1cc(Br)ccc1OCCCCS(=O)(=O)Cl. The van der Waals surface area contributed by atoms with Crippen molar-refractivity contribution in [2.24, 2.45) is 0 Å². The molecule has 0 aliphatic carbocycles. The maximum absolute atomic E-state index is 10.7. The molecule has 1 rings (SSSR count). The largest absolute Gasteiger partial charge is 0.493 e. The summed E-state index contributed by atoms with van der Waals surface area (Å²) in [6, 6.07) is 5.77. The Balaban J connectivity index is 2.32. The highest BCUT2D eigenvalue weighted by molar-refractivity contribution is 9.10. The summed E-state index contributed by atoms with van der Waals surface area (Å²) < 4.78 is 27.9. The summed E-state index contributed by atoms with van der Waals surface area (Å²) in [7, 11) is 1.73. The number of unbranched alkanes of at least 4 members (excludes halogenated alkanes) is 1. The van der Waals surface area contributed by atoms with Gasteiger partial charge in [0.25, 0.3) is 0 Å². The minimum atomic E-state index is -3.37. The molecule has 0 atom stereocenters. The van der Waals surface area contributed by atoms with E-state index in [9.17, 15) is 8.42 Å². The molecule has 3 nitrogen and oxygen atoms in total. The molecule has 0 saturated heterocycles. The maximum atomic E-state index is 10.7. The number of aryl methyl sites for hydroxylation is 1. The van der Waals surface area contributed by atoms with Crippen LogP contribution in [-0.4, -0.2) is 20.8 Å². The Bertz CT molecular complexity index is 474. The summed E-state index contributed by atoms with van der Waals surface area (Å²) in [6.45, 7) is 2.46. The van der Waals surface area contributed by atoms with Crippen LogP contribution in [0.5, 0.6) is 5.75 Å². The molecule has 96 valence electrons. The van der Waals surface area contributed by atoms with Crippen molar-refractivity contribution in [2.75, 3.05) is 12.4 Å². The summed E-state index contributed by atoms with van der Waals surface area (Å²) in [6.07, 6.45) is 1.18. The lowest BCUT2D eigenvalue weighted by molar-refractivity contribution is 0.307. The molecule has 17 heavy (non-hydrogen) atoms. The van der Waals surface area contributed by atoms with Gasteiger partial charge in [0.15, 0.2) is 0 Å². The van der Waals surface area contributed by atoms with Gasteiger partial charge < -0.3 is 4.74 Å². The Morgan fingerprint density at radius 1 is 1.35 bits per heavy atom. The highest BCUT2D eigenvalue weighted by atomic mass is 79.9. The first kappa shape index (κ1) is 14.8. The average Bonchev–Trinajstić information content (AvgIpc) is 2.18. The highest BCUT2D eigenvalue weighted by Gasteiger charge is 2.04. The smallest absolute Gasteiger partial charge is 0.232 e. The van der Waals surface area contributed by atoms with Crippen LogP contribution in [-0.2, 0) is 9.05 Å². The van der Waals surface area contributed by atoms with Crippen molar-refractivity contribution in [2.45, 2.75) is 19.8 Å². The molecular weight excluding hydrogens is 328 g/mol. The minimum absolute atomic E-state index is 0.00274. The normalized spacial score (nSPS) is 11.5. The number of benzene rings is 1. The van der Waals surface area contributed by atoms with Crippen molar-refractivity contribution in [3.8, 4) is 5.75 Å². The van der Waals surface area contributed by atoms with Gasteiger partial charge in [-0.2, -0.15) is 0 Å². The van der Waals surface area contributed by atoms with Crippen LogP contribution in [0.15, 0.2) is 22.7 Å². The predicted octanol–water partition coefficient (Wildman–Crippen LogP) is 3.49. The fourth-order valence-electron chi connectivity index (χ4n) is 1.33. The Morgan fingerprint density at radius 3 is 2.65 bits per heavy atom. The maximum Gasteiger partial charge on any atom is 0.232 e. The Labute approximate surface area is 115 Å². The summed E-state index contributed by atoms with van der Waals surface area (Å²) in [5, 5.41) is 0. The number of rotatable bonds is 6. The van der Waals surface area contributed by atoms with E-state index >= 15 is 0 Å². The van der Waals surface area contributed by atoms with Crippen molar-refractivity contribution in [1.29, 1.82) is 0 Å². The molecule has 0 aromatic heterocycles. The quantitative estimate of drug-likeness (QED) is 0.587. The summed E-state index contributed by atoms with van der Waals surface area (Å²) in [4.78, 5) is 0. The van der Waals surface area contributed by atoms with Gasteiger partial charge in [-0.1, -0.05) is 15.9 Å². The molecule has 0 N–H and O–H groups in total. The molecule has 0 amide bonds. The average molecular weight is 342 g/mol. The van der Waals surface area contributed by atoms with E-state index < -0.39 is 9.05 Å². The zero-order valence-corrected chi connectivity index (χ0v) is 12.6. The van der Waals surface area contributed by atoms with Gasteiger partial charge in [0.1, 0.15) is 5.75 Å². The van der Waals surface area contributed by atoms with Gasteiger partial charge in [-0.05, 0) is 43.5 Å². The molecule has 0 aliphatic rings. The lowest BCUT2D eigenvalue weighted by atomic mass is 10.2. The van der Waals surface area contributed by atoms with Crippen molar-refractivity contribution >= 4 is 35.7 Å². The number of ether oxygens (including phenoxy) is 1. The van der Waals surface area contributed by atoms with E-state index in [4.69, 9.17) is 15.4 Å². The molecule has 1 aromatic carbocycles. The van der Waals surface area contributed by atoms with Crippen LogP contribution in [0.25, 0.3) is 0 Å². The van der Waals surface area contributed by atoms with Crippen LogP contribution in [0.3, 0.4) is 0 Å². The van der Waals surface area contributed by atoms with Crippen LogP contribution in [0, 0.1) is 6.92 Å². The minimum Gasteiger partial charge on any atom is -0.493 e. The second kappa shape index (κ2) is 6.61.